The molecule has 3 heterocycles. The van der Waals surface area contributed by atoms with E-state index in [1.54, 1.807) is 19.2 Å². The first-order chi connectivity index (χ1) is 16.1. The number of piperazine rings is 1. The molecule has 0 N–H and O–H groups in total. The summed E-state index contributed by atoms with van der Waals surface area (Å²) >= 11 is 0. The Bertz CT molecular complexity index is 1120. The van der Waals surface area contributed by atoms with Crippen molar-refractivity contribution >= 4 is 11.6 Å². The van der Waals surface area contributed by atoms with Gasteiger partial charge in [-0.15, -0.1) is 5.10 Å². The van der Waals surface area contributed by atoms with Crippen molar-refractivity contribution in [3.63, 3.8) is 0 Å². The highest BCUT2D eigenvalue weighted by molar-refractivity contribution is 5.73. The third-order valence-corrected chi connectivity index (χ3v) is 5.70. The molecule has 0 bridgehead atoms. The fourth-order valence-corrected chi connectivity index (χ4v) is 3.77. The minimum absolute atomic E-state index is 0.148. The zero-order valence-electron chi connectivity index (χ0n) is 18.6. The number of amides is 1. The maximum Gasteiger partial charge on any atom is 0.233 e. The van der Waals surface area contributed by atoms with Crippen molar-refractivity contribution in [2.45, 2.75) is 26.4 Å². The molecule has 0 unspecified atom stereocenters. The third kappa shape index (κ3) is 6.04. The van der Waals surface area contributed by atoms with Crippen LogP contribution in [-0.4, -0.2) is 52.2 Å². The van der Waals surface area contributed by atoms with Crippen LogP contribution in [0.3, 0.4) is 0 Å². The summed E-state index contributed by atoms with van der Waals surface area (Å²) in [6.45, 7) is 5.19. The Kier molecular flexibility index (Phi) is 7.10. The second-order valence-corrected chi connectivity index (χ2v) is 8.00. The first-order valence-electron chi connectivity index (χ1n) is 11.0. The maximum atomic E-state index is 11.5. The fraction of sp³-hybridized carbons (Fsp3) is 0.320. The molecule has 0 radical (unpaired) electrons. The number of nitrogens with zero attached hydrogens (tertiary/aromatic N) is 6. The third-order valence-electron chi connectivity index (χ3n) is 5.70. The van der Waals surface area contributed by atoms with Crippen molar-refractivity contribution in [1.82, 2.24) is 20.1 Å². The molecule has 1 amide bonds. The number of hydrogen-bond donors (Lipinski definition) is 0. The Labute approximate surface area is 193 Å². The van der Waals surface area contributed by atoms with E-state index in [0.717, 1.165) is 50.3 Å². The minimum Gasteiger partial charge on any atom is -0.472 e. The van der Waals surface area contributed by atoms with Crippen LogP contribution < -0.4 is 9.64 Å². The largest absolute Gasteiger partial charge is 0.472 e. The van der Waals surface area contributed by atoms with Gasteiger partial charge < -0.3 is 14.5 Å². The molecule has 33 heavy (non-hydrogen) atoms. The highest BCUT2D eigenvalue weighted by Gasteiger charge is 2.18. The Balaban J connectivity index is 1.24. The lowest BCUT2D eigenvalue weighted by molar-refractivity contribution is -0.129. The molecule has 4 rings (SSSR count). The number of nitriles is 1. The van der Waals surface area contributed by atoms with Crippen LogP contribution in [0.1, 0.15) is 29.3 Å². The Morgan fingerprint density at radius 2 is 1.79 bits per heavy atom. The van der Waals surface area contributed by atoms with Crippen LogP contribution in [0.25, 0.3) is 0 Å². The monoisotopic (exact) mass is 442 g/mol. The van der Waals surface area contributed by atoms with Crippen LogP contribution in [-0.2, 0) is 24.2 Å². The predicted molar refractivity (Wildman–Crippen MR) is 124 cm³/mol. The molecule has 1 aromatic carbocycles. The summed E-state index contributed by atoms with van der Waals surface area (Å²) in [6.07, 6.45) is 4.85. The molecule has 1 fully saturated rings. The molecular formula is C25H26N6O2. The normalized spacial score (nSPS) is 13.5. The molecule has 8 heteroatoms. The fourth-order valence-electron chi connectivity index (χ4n) is 3.77. The number of carbonyl (C=O) groups is 1. The van der Waals surface area contributed by atoms with Crippen molar-refractivity contribution in [3.8, 4) is 11.9 Å². The van der Waals surface area contributed by atoms with Gasteiger partial charge in [-0.2, -0.15) is 10.4 Å². The van der Waals surface area contributed by atoms with Crippen LogP contribution in [0.15, 0.2) is 54.9 Å². The van der Waals surface area contributed by atoms with Gasteiger partial charge in [-0.25, -0.2) is 0 Å². The standard InChI is InChI=1S/C25H26N6O2/c1-19(32)30-10-12-31(13-11-30)24-7-3-20(4-8-24)2-5-23-6-9-25(29-28-23)33-18-22-14-21(15-26)16-27-17-22/h3-4,6-9,14,16-17H,2,5,10-13,18H2,1H3. The number of aryl methyl sites for hydroxylation is 2. The summed E-state index contributed by atoms with van der Waals surface area (Å²) in [6, 6.07) is 16.2. The van der Waals surface area contributed by atoms with Gasteiger partial charge in [0.2, 0.25) is 11.8 Å². The lowest BCUT2D eigenvalue weighted by atomic mass is 10.1. The number of benzene rings is 1. The summed E-state index contributed by atoms with van der Waals surface area (Å²) < 4.78 is 5.65. The van der Waals surface area contributed by atoms with Crippen molar-refractivity contribution in [1.29, 1.82) is 5.26 Å². The zero-order valence-corrected chi connectivity index (χ0v) is 18.6. The first kappa shape index (κ1) is 22.2. The molecular weight excluding hydrogens is 416 g/mol. The second-order valence-electron chi connectivity index (χ2n) is 8.00. The van der Waals surface area contributed by atoms with Crippen LogP contribution in [0, 0.1) is 11.3 Å². The molecule has 0 spiro atoms. The van der Waals surface area contributed by atoms with E-state index in [0.29, 0.717) is 11.4 Å². The number of ether oxygens (including phenoxy) is 1. The molecule has 1 saturated heterocycles. The van der Waals surface area contributed by atoms with Crippen molar-refractivity contribution in [3.05, 3.63) is 77.2 Å². The van der Waals surface area contributed by atoms with E-state index in [9.17, 15) is 4.79 Å². The number of carbonyl (C=O) groups excluding carboxylic acids is 1. The van der Waals surface area contributed by atoms with Gasteiger partial charge in [-0.05, 0) is 42.7 Å². The number of rotatable bonds is 7. The van der Waals surface area contributed by atoms with E-state index in [4.69, 9.17) is 10.00 Å². The number of pyridine rings is 1. The molecule has 168 valence electrons. The highest BCUT2D eigenvalue weighted by Crippen LogP contribution is 2.18. The molecule has 0 saturated carbocycles. The van der Waals surface area contributed by atoms with Gasteiger partial charge in [-0.3, -0.25) is 9.78 Å². The first-order valence-corrected chi connectivity index (χ1v) is 11.0. The zero-order chi connectivity index (χ0) is 23.0. The van der Waals surface area contributed by atoms with Crippen LogP contribution in [0.5, 0.6) is 5.88 Å². The Morgan fingerprint density at radius 1 is 1.00 bits per heavy atom. The molecule has 1 aliphatic rings. The van der Waals surface area contributed by atoms with Gasteiger partial charge in [-0.1, -0.05) is 12.1 Å². The number of aromatic nitrogens is 3. The molecule has 8 nitrogen and oxygen atoms in total. The average molecular weight is 443 g/mol. The second kappa shape index (κ2) is 10.6. The Morgan fingerprint density at radius 3 is 2.45 bits per heavy atom. The summed E-state index contributed by atoms with van der Waals surface area (Å²) in [5.74, 6) is 0.589. The molecule has 2 aromatic heterocycles. The summed E-state index contributed by atoms with van der Waals surface area (Å²) in [7, 11) is 0. The minimum atomic E-state index is 0.148. The van der Waals surface area contributed by atoms with Crippen molar-refractivity contribution < 1.29 is 9.53 Å². The van der Waals surface area contributed by atoms with E-state index in [-0.39, 0.29) is 12.5 Å². The Hall–Kier alpha value is -3.99. The summed E-state index contributed by atoms with van der Waals surface area (Å²) in [4.78, 5) is 19.7. The molecule has 0 aliphatic carbocycles. The van der Waals surface area contributed by atoms with E-state index < -0.39 is 0 Å². The van der Waals surface area contributed by atoms with Gasteiger partial charge in [0, 0.05) is 62.8 Å². The van der Waals surface area contributed by atoms with E-state index in [1.165, 1.54) is 17.4 Å². The maximum absolute atomic E-state index is 11.5. The smallest absolute Gasteiger partial charge is 0.233 e. The summed E-state index contributed by atoms with van der Waals surface area (Å²) in [5.41, 5.74) is 4.65. The van der Waals surface area contributed by atoms with Gasteiger partial charge in [0.1, 0.15) is 12.7 Å². The molecule has 1 aliphatic heterocycles. The lowest BCUT2D eigenvalue weighted by Gasteiger charge is -2.35. The average Bonchev–Trinajstić information content (AvgIpc) is 2.87. The van der Waals surface area contributed by atoms with Crippen LogP contribution in [0.4, 0.5) is 5.69 Å². The topological polar surface area (TPSA) is 95.2 Å². The molecule has 0 atom stereocenters. The summed E-state index contributed by atoms with van der Waals surface area (Å²) in [5, 5.41) is 17.4. The van der Waals surface area contributed by atoms with E-state index in [2.05, 4.69) is 50.4 Å². The lowest BCUT2D eigenvalue weighted by Crippen LogP contribution is -2.48. The van der Waals surface area contributed by atoms with Crippen molar-refractivity contribution in [2.24, 2.45) is 0 Å². The SMILES string of the molecule is CC(=O)N1CCN(c2ccc(CCc3ccc(OCc4cncc(C#N)c4)nn3)cc2)CC1. The van der Waals surface area contributed by atoms with Gasteiger partial charge in [0.25, 0.3) is 0 Å². The van der Waals surface area contributed by atoms with E-state index >= 15 is 0 Å². The van der Waals surface area contributed by atoms with Gasteiger partial charge in [0.15, 0.2) is 0 Å². The number of hydrogen-bond acceptors (Lipinski definition) is 7. The quantitative estimate of drug-likeness (QED) is 0.555. The van der Waals surface area contributed by atoms with Crippen LogP contribution in [0.2, 0.25) is 0 Å². The molecule has 3 aromatic rings. The predicted octanol–water partition coefficient (Wildman–Crippen LogP) is 2.78. The van der Waals surface area contributed by atoms with Crippen LogP contribution >= 0.6 is 0 Å². The van der Waals surface area contributed by atoms with Gasteiger partial charge in [0.05, 0.1) is 11.3 Å². The van der Waals surface area contributed by atoms with E-state index in [1.807, 2.05) is 17.0 Å². The number of anilines is 1. The van der Waals surface area contributed by atoms with Gasteiger partial charge >= 0.3 is 0 Å². The van der Waals surface area contributed by atoms with Crippen molar-refractivity contribution in [2.75, 3.05) is 31.1 Å². The highest BCUT2D eigenvalue weighted by atomic mass is 16.5.